The smallest absolute Gasteiger partial charge is 0.383 e. The lowest BCUT2D eigenvalue weighted by Crippen LogP contribution is -2.47. The van der Waals surface area contributed by atoms with E-state index in [1.54, 1.807) is 11.8 Å². The van der Waals surface area contributed by atoms with Gasteiger partial charge in [0.2, 0.25) is 5.91 Å². The van der Waals surface area contributed by atoms with Crippen LogP contribution in [0.2, 0.25) is 0 Å². The predicted octanol–water partition coefficient (Wildman–Crippen LogP) is 1.41. The number of hydrogen-bond acceptors (Lipinski definition) is 3. The summed E-state index contributed by atoms with van der Waals surface area (Å²) in [6, 6.07) is -0.138. The van der Waals surface area contributed by atoms with Gasteiger partial charge in [0.05, 0.1) is 19.1 Å². The highest BCUT2D eigenvalue weighted by molar-refractivity contribution is 5.78. The first kappa shape index (κ1) is 16.2. The van der Waals surface area contributed by atoms with Crippen molar-refractivity contribution in [1.29, 1.82) is 0 Å². The predicted molar refractivity (Wildman–Crippen MR) is 64.7 cm³/mol. The Hall–Kier alpha value is -0.820. The number of carbonyl (C=O) groups is 1. The fraction of sp³-hybridized carbons (Fsp3) is 0.917. The van der Waals surface area contributed by atoms with E-state index in [1.165, 1.54) is 7.11 Å². The molecule has 0 radical (unpaired) electrons. The molecule has 0 unspecified atom stereocenters. The quantitative estimate of drug-likeness (QED) is 0.829. The molecule has 1 rings (SSSR count). The highest BCUT2D eigenvalue weighted by Gasteiger charge is 2.41. The van der Waals surface area contributed by atoms with Crippen LogP contribution in [0.15, 0.2) is 0 Å². The molecule has 1 aliphatic heterocycles. The van der Waals surface area contributed by atoms with Crippen molar-refractivity contribution in [3.63, 3.8) is 0 Å². The Kier molecular flexibility index (Phi) is 6.06. The van der Waals surface area contributed by atoms with Crippen LogP contribution >= 0.6 is 0 Å². The lowest BCUT2D eigenvalue weighted by Gasteiger charge is -2.33. The standard InChI is InChI=1S/C12H21F3N2O2/c1-9(8-19-2)16-11(18)7-17-5-3-4-10(6-17)12(13,14)15/h9-10H,3-8H2,1-2H3,(H,16,18)/t9-,10+/m0/s1. The van der Waals surface area contributed by atoms with E-state index in [2.05, 4.69) is 5.32 Å². The van der Waals surface area contributed by atoms with Crippen LogP contribution in [0.5, 0.6) is 0 Å². The Balaban J connectivity index is 2.38. The normalized spacial score (nSPS) is 23.1. The largest absolute Gasteiger partial charge is 0.393 e. The molecule has 112 valence electrons. The van der Waals surface area contributed by atoms with Crippen LogP contribution in [-0.4, -0.2) is 56.4 Å². The highest BCUT2D eigenvalue weighted by atomic mass is 19.4. The molecule has 1 heterocycles. The van der Waals surface area contributed by atoms with E-state index in [-0.39, 0.29) is 31.5 Å². The Morgan fingerprint density at radius 3 is 2.79 bits per heavy atom. The average molecular weight is 282 g/mol. The molecule has 1 N–H and O–H groups in total. The molecular weight excluding hydrogens is 261 g/mol. The van der Waals surface area contributed by atoms with Gasteiger partial charge in [-0.2, -0.15) is 13.2 Å². The van der Waals surface area contributed by atoms with Gasteiger partial charge in [0.25, 0.3) is 0 Å². The number of ether oxygens (including phenoxy) is 1. The maximum atomic E-state index is 12.6. The van der Waals surface area contributed by atoms with Crippen LogP contribution in [0.1, 0.15) is 19.8 Å². The second kappa shape index (κ2) is 7.09. The van der Waals surface area contributed by atoms with Crippen LogP contribution in [0, 0.1) is 5.92 Å². The van der Waals surface area contributed by atoms with Gasteiger partial charge in [0.1, 0.15) is 0 Å². The molecule has 0 aromatic heterocycles. The van der Waals surface area contributed by atoms with Gasteiger partial charge in [0, 0.05) is 19.7 Å². The van der Waals surface area contributed by atoms with E-state index in [0.29, 0.717) is 19.6 Å². The van der Waals surface area contributed by atoms with Crippen LogP contribution in [-0.2, 0) is 9.53 Å². The van der Waals surface area contributed by atoms with Crippen molar-refractivity contribution in [2.24, 2.45) is 5.92 Å². The monoisotopic (exact) mass is 282 g/mol. The Morgan fingerprint density at radius 2 is 2.21 bits per heavy atom. The summed E-state index contributed by atoms with van der Waals surface area (Å²) in [5.74, 6) is -1.57. The zero-order valence-corrected chi connectivity index (χ0v) is 11.3. The number of alkyl halides is 3. The molecular formula is C12H21F3N2O2. The van der Waals surface area contributed by atoms with E-state index in [1.807, 2.05) is 0 Å². The second-order valence-corrected chi connectivity index (χ2v) is 5.04. The maximum Gasteiger partial charge on any atom is 0.393 e. The highest BCUT2D eigenvalue weighted by Crippen LogP contribution is 2.32. The van der Waals surface area contributed by atoms with Crippen molar-refractivity contribution >= 4 is 5.91 Å². The number of carbonyl (C=O) groups excluding carboxylic acids is 1. The molecule has 1 aliphatic rings. The maximum absolute atomic E-state index is 12.6. The van der Waals surface area contributed by atoms with Gasteiger partial charge in [-0.05, 0) is 26.3 Å². The minimum atomic E-state index is -4.17. The number of nitrogens with one attached hydrogen (secondary N) is 1. The van der Waals surface area contributed by atoms with E-state index in [4.69, 9.17) is 4.74 Å². The molecule has 0 aliphatic carbocycles. The molecule has 19 heavy (non-hydrogen) atoms. The van der Waals surface area contributed by atoms with E-state index < -0.39 is 12.1 Å². The van der Waals surface area contributed by atoms with Crippen LogP contribution < -0.4 is 5.32 Å². The first-order valence-electron chi connectivity index (χ1n) is 6.40. The molecule has 4 nitrogen and oxygen atoms in total. The van der Waals surface area contributed by atoms with Crippen molar-refractivity contribution in [3.8, 4) is 0 Å². The number of likely N-dealkylation sites (tertiary alicyclic amines) is 1. The summed E-state index contributed by atoms with van der Waals surface area (Å²) < 4.78 is 42.7. The van der Waals surface area contributed by atoms with Gasteiger partial charge in [-0.15, -0.1) is 0 Å². The molecule has 0 aromatic rings. The molecule has 2 atom stereocenters. The van der Waals surface area contributed by atoms with E-state index in [9.17, 15) is 18.0 Å². The Morgan fingerprint density at radius 1 is 1.53 bits per heavy atom. The van der Waals surface area contributed by atoms with Crippen LogP contribution in [0.3, 0.4) is 0 Å². The summed E-state index contributed by atoms with van der Waals surface area (Å²) >= 11 is 0. The van der Waals surface area contributed by atoms with Gasteiger partial charge in [0.15, 0.2) is 0 Å². The lowest BCUT2D eigenvalue weighted by molar-refractivity contribution is -0.187. The summed E-state index contributed by atoms with van der Waals surface area (Å²) in [7, 11) is 1.53. The third kappa shape index (κ3) is 5.78. The molecule has 1 fully saturated rings. The number of nitrogens with zero attached hydrogens (tertiary/aromatic N) is 1. The third-order valence-electron chi connectivity index (χ3n) is 3.16. The van der Waals surface area contributed by atoms with Crippen molar-refractivity contribution in [3.05, 3.63) is 0 Å². The number of rotatable bonds is 5. The molecule has 7 heteroatoms. The summed E-state index contributed by atoms with van der Waals surface area (Å²) in [5.41, 5.74) is 0. The molecule has 1 amide bonds. The van der Waals surface area contributed by atoms with Gasteiger partial charge in [-0.3, -0.25) is 9.69 Å². The van der Waals surface area contributed by atoms with Crippen LogP contribution in [0.25, 0.3) is 0 Å². The first-order valence-corrected chi connectivity index (χ1v) is 6.40. The summed E-state index contributed by atoms with van der Waals surface area (Å²) in [5, 5.41) is 2.69. The van der Waals surface area contributed by atoms with Crippen molar-refractivity contribution in [2.75, 3.05) is 33.4 Å². The van der Waals surface area contributed by atoms with E-state index >= 15 is 0 Å². The topological polar surface area (TPSA) is 41.6 Å². The number of piperidine rings is 1. The molecule has 0 spiro atoms. The number of amides is 1. The summed E-state index contributed by atoms with van der Waals surface area (Å²) in [4.78, 5) is 13.2. The minimum Gasteiger partial charge on any atom is -0.383 e. The minimum absolute atomic E-state index is 0.0145. The zero-order chi connectivity index (χ0) is 14.5. The Bertz CT molecular complexity index is 297. The summed E-state index contributed by atoms with van der Waals surface area (Å²) in [6.45, 7) is 2.64. The Labute approximate surface area is 111 Å². The SMILES string of the molecule is COC[C@H](C)NC(=O)CN1CCC[C@@H](C(F)(F)F)C1. The van der Waals surface area contributed by atoms with Crippen molar-refractivity contribution < 1.29 is 22.7 Å². The first-order chi connectivity index (χ1) is 8.82. The number of methoxy groups -OCH3 is 1. The number of halogens is 3. The summed E-state index contributed by atoms with van der Waals surface area (Å²) in [6.07, 6.45) is -3.54. The van der Waals surface area contributed by atoms with Gasteiger partial charge in [-0.1, -0.05) is 0 Å². The van der Waals surface area contributed by atoms with Gasteiger partial charge in [-0.25, -0.2) is 0 Å². The average Bonchev–Trinajstić information content (AvgIpc) is 2.28. The van der Waals surface area contributed by atoms with Crippen molar-refractivity contribution in [1.82, 2.24) is 10.2 Å². The number of hydrogen-bond donors (Lipinski definition) is 1. The van der Waals surface area contributed by atoms with Gasteiger partial charge < -0.3 is 10.1 Å². The second-order valence-electron chi connectivity index (χ2n) is 5.04. The molecule has 0 bridgehead atoms. The van der Waals surface area contributed by atoms with Crippen molar-refractivity contribution in [2.45, 2.75) is 32.0 Å². The molecule has 0 saturated carbocycles. The molecule has 0 aromatic carbocycles. The fourth-order valence-corrected chi connectivity index (χ4v) is 2.28. The van der Waals surface area contributed by atoms with E-state index in [0.717, 1.165) is 0 Å². The fourth-order valence-electron chi connectivity index (χ4n) is 2.28. The molecule has 1 saturated heterocycles. The van der Waals surface area contributed by atoms with Gasteiger partial charge >= 0.3 is 6.18 Å². The lowest BCUT2D eigenvalue weighted by atomic mass is 9.97. The zero-order valence-electron chi connectivity index (χ0n) is 11.3. The van der Waals surface area contributed by atoms with Crippen LogP contribution in [0.4, 0.5) is 13.2 Å². The third-order valence-corrected chi connectivity index (χ3v) is 3.16.